The maximum atomic E-state index is 13.5. The molecule has 25 heavy (non-hydrogen) atoms. The van der Waals surface area contributed by atoms with Gasteiger partial charge >= 0.3 is 12.1 Å². The first-order valence-electron chi connectivity index (χ1n) is 7.11. The molecule has 1 amide bonds. The number of alkyl halides is 3. The van der Waals surface area contributed by atoms with Gasteiger partial charge in [0.1, 0.15) is 0 Å². The largest absolute Gasteiger partial charge is 0.481 e. The minimum absolute atomic E-state index is 0. The maximum Gasteiger partial charge on any atom is 0.394 e. The van der Waals surface area contributed by atoms with Crippen LogP contribution < -0.4 is 0 Å². The maximum absolute atomic E-state index is 13.5. The zero-order chi connectivity index (χ0) is 18.1. The zero-order valence-electron chi connectivity index (χ0n) is 12.7. The predicted molar refractivity (Wildman–Crippen MR) is 79.2 cm³/mol. The fourth-order valence-electron chi connectivity index (χ4n) is 2.73. The molecular formula is C15H15ClF5NO3. The van der Waals surface area contributed by atoms with E-state index in [2.05, 4.69) is 0 Å². The smallest absolute Gasteiger partial charge is 0.394 e. The summed E-state index contributed by atoms with van der Waals surface area (Å²) in [6.45, 7) is -1.30. The second-order valence-electron chi connectivity index (χ2n) is 5.60. The summed E-state index contributed by atoms with van der Waals surface area (Å²) < 4.78 is 65.1. The predicted octanol–water partition coefficient (Wildman–Crippen LogP) is 3.04. The summed E-state index contributed by atoms with van der Waals surface area (Å²) in [6, 6.07) is 3.44. The lowest BCUT2D eigenvalue weighted by molar-refractivity contribution is -0.188. The van der Waals surface area contributed by atoms with Crippen LogP contribution in [0.1, 0.15) is 12.0 Å². The third kappa shape index (κ3) is 4.81. The summed E-state index contributed by atoms with van der Waals surface area (Å²) in [5.74, 6) is -8.39. The van der Waals surface area contributed by atoms with E-state index in [0.717, 1.165) is 11.0 Å². The summed E-state index contributed by atoms with van der Waals surface area (Å²) in [6.07, 6.45) is -5.25. The Bertz CT molecular complexity index is 653. The number of aliphatic carboxylic acids is 1. The Morgan fingerprint density at radius 3 is 2.36 bits per heavy atom. The van der Waals surface area contributed by atoms with Gasteiger partial charge in [0.25, 0.3) is 0 Å². The first-order valence-corrected chi connectivity index (χ1v) is 7.11. The third-order valence-electron chi connectivity index (χ3n) is 4.05. The third-order valence-corrected chi connectivity index (χ3v) is 4.05. The number of likely N-dealkylation sites (tertiary alicyclic amines) is 1. The summed E-state index contributed by atoms with van der Waals surface area (Å²) in [7, 11) is 0. The number of rotatable bonds is 4. The number of carbonyl (C=O) groups is 2. The topological polar surface area (TPSA) is 57.6 Å². The molecule has 1 N–H and O–H groups in total. The Morgan fingerprint density at radius 2 is 1.84 bits per heavy atom. The molecule has 2 atom stereocenters. The molecule has 1 aromatic rings. The molecule has 0 saturated carbocycles. The van der Waals surface area contributed by atoms with Crippen molar-refractivity contribution in [3.8, 4) is 0 Å². The molecule has 0 aromatic heterocycles. The van der Waals surface area contributed by atoms with Gasteiger partial charge in [-0.15, -0.1) is 12.4 Å². The molecule has 1 aromatic carbocycles. The molecule has 140 valence electrons. The van der Waals surface area contributed by atoms with Gasteiger partial charge in [-0.1, -0.05) is 12.1 Å². The highest BCUT2D eigenvalue weighted by molar-refractivity contribution is 5.85. The standard InChI is InChI=1S/C15H14F5NO3.ClH/c16-11-3-1-2-8(13(11)17)4-5-12(22)21-6-9(14(23)24)10(7-21)15(18,19)20;/h1-3,9-10H,4-7H2,(H,23,24);1H/t9-,10-;/m1./s1. The Balaban J connectivity index is 0.00000312. The number of carboxylic acids is 1. The van der Waals surface area contributed by atoms with E-state index in [-0.39, 0.29) is 30.8 Å². The highest BCUT2D eigenvalue weighted by Gasteiger charge is 2.53. The molecule has 10 heteroatoms. The van der Waals surface area contributed by atoms with Crippen LogP contribution in [0.3, 0.4) is 0 Å². The first-order chi connectivity index (χ1) is 11.1. The van der Waals surface area contributed by atoms with Crippen LogP contribution in [-0.2, 0) is 16.0 Å². The SMILES string of the molecule is Cl.O=C(O)[C@@H]1CN(C(=O)CCc2cccc(F)c2F)C[C@H]1C(F)(F)F. The van der Waals surface area contributed by atoms with Gasteiger partial charge < -0.3 is 10.0 Å². The number of amides is 1. The second kappa shape index (κ2) is 7.99. The van der Waals surface area contributed by atoms with Gasteiger partial charge in [-0.3, -0.25) is 9.59 Å². The summed E-state index contributed by atoms with van der Waals surface area (Å²) in [4.78, 5) is 23.8. The minimum Gasteiger partial charge on any atom is -0.481 e. The van der Waals surface area contributed by atoms with Crippen molar-refractivity contribution in [1.29, 1.82) is 0 Å². The molecule has 0 radical (unpaired) electrons. The highest BCUT2D eigenvalue weighted by Crippen LogP contribution is 2.38. The zero-order valence-corrected chi connectivity index (χ0v) is 13.5. The number of benzene rings is 1. The van der Waals surface area contributed by atoms with Crippen molar-refractivity contribution >= 4 is 24.3 Å². The number of nitrogens with zero attached hydrogens (tertiary/aromatic N) is 1. The lowest BCUT2D eigenvalue weighted by Crippen LogP contribution is -2.34. The van der Waals surface area contributed by atoms with Gasteiger partial charge in [-0.05, 0) is 18.1 Å². The van der Waals surface area contributed by atoms with Crippen molar-refractivity contribution in [2.24, 2.45) is 11.8 Å². The quantitative estimate of drug-likeness (QED) is 0.808. The van der Waals surface area contributed by atoms with Crippen LogP contribution in [-0.4, -0.2) is 41.1 Å². The number of aryl methyl sites for hydroxylation is 1. The fourth-order valence-corrected chi connectivity index (χ4v) is 2.73. The molecule has 0 spiro atoms. The summed E-state index contributed by atoms with van der Waals surface area (Å²) in [5, 5.41) is 8.89. The van der Waals surface area contributed by atoms with Gasteiger partial charge in [0, 0.05) is 19.5 Å². The van der Waals surface area contributed by atoms with Crippen molar-refractivity contribution in [2.45, 2.75) is 19.0 Å². The van der Waals surface area contributed by atoms with Crippen molar-refractivity contribution in [2.75, 3.05) is 13.1 Å². The van der Waals surface area contributed by atoms with Gasteiger partial charge in [-0.2, -0.15) is 13.2 Å². The minimum atomic E-state index is -4.73. The summed E-state index contributed by atoms with van der Waals surface area (Å²) >= 11 is 0. The lowest BCUT2D eigenvalue weighted by atomic mass is 9.96. The Kier molecular flexibility index (Phi) is 6.75. The first kappa shape index (κ1) is 21.1. The van der Waals surface area contributed by atoms with E-state index < -0.39 is 54.6 Å². The lowest BCUT2D eigenvalue weighted by Gasteiger charge is -2.18. The summed E-state index contributed by atoms with van der Waals surface area (Å²) in [5.41, 5.74) is -0.0651. The van der Waals surface area contributed by atoms with E-state index in [9.17, 15) is 31.5 Å². The van der Waals surface area contributed by atoms with Gasteiger partial charge in [0.05, 0.1) is 11.8 Å². The van der Waals surface area contributed by atoms with E-state index in [1.54, 1.807) is 0 Å². The van der Waals surface area contributed by atoms with E-state index in [0.29, 0.717) is 0 Å². The number of halogens is 6. The highest BCUT2D eigenvalue weighted by atomic mass is 35.5. The van der Waals surface area contributed by atoms with Gasteiger partial charge in [0.2, 0.25) is 5.91 Å². The number of hydrogen-bond acceptors (Lipinski definition) is 2. The van der Waals surface area contributed by atoms with E-state index in [1.165, 1.54) is 12.1 Å². The van der Waals surface area contributed by atoms with Crippen molar-refractivity contribution in [3.05, 3.63) is 35.4 Å². The Hall–Kier alpha value is -1.90. The monoisotopic (exact) mass is 387 g/mol. The molecule has 1 aliphatic heterocycles. The molecule has 1 heterocycles. The number of hydrogen-bond donors (Lipinski definition) is 1. The molecule has 0 aliphatic carbocycles. The molecule has 2 rings (SSSR count). The second-order valence-corrected chi connectivity index (χ2v) is 5.60. The number of carbonyl (C=O) groups excluding carboxylic acids is 1. The van der Waals surface area contributed by atoms with Crippen LogP contribution in [0.2, 0.25) is 0 Å². The van der Waals surface area contributed by atoms with Crippen molar-refractivity contribution < 1.29 is 36.6 Å². The van der Waals surface area contributed by atoms with E-state index in [4.69, 9.17) is 5.11 Å². The van der Waals surface area contributed by atoms with Crippen LogP contribution in [0.25, 0.3) is 0 Å². The van der Waals surface area contributed by atoms with Gasteiger partial charge in [-0.25, -0.2) is 8.78 Å². The average Bonchev–Trinajstić information content (AvgIpc) is 2.94. The van der Waals surface area contributed by atoms with Crippen LogP contribution in [0.15, 0.2) is 18.2 Å². The fraction of sp³-hybridized carbons (Fsp3) is 0.467. The molecule has 0 bridgehead atoms. The van der Waals surface area contributed by atoms with Crippen molar-refractivity contribution in [3.63, 3.8) is 0 Å². The van der Waals surface area contributed by atoms with Crippen LogP contribution >= 0.6 is 12.4 Å². The normalized spacial score (nSPS) is 20.3. The van der Waals surface area contributed by atoms with Crippen LogP contribution in [0, 0.1) is 23.5 Å². The molecule has 1 fully saturated rings. The van der Waals surface area contributed by atoms with Crippen molar-refractivity contribution in [1.82, 2.24) is 4.90 Å². The molecule has 1 aliphatic rings. The average molecular weight is 388 g/mol. The van der Waals surface area contributed by atoms with Gasteiger partial charge in [0.15, 0.2) is 11.6 Å². The molecule has 4 nitrogen and oxygen atoms in total. The van der Waals surface area contributed by atoms with E-state index in [1.807, 2.05) is 0 Å². The Morgan fingerprint density at radius 1 is 1.20 bits per heavy atom. The molecular weight excluding hydrogens is 373 g/mol. The molecule has 1 saturated heterocycles. The Labute approximate surface area is 146 Å². The van der Waals surface area contributed by atoms with Crippen LogP contribution in [0.5, 0.6) is 0 Å². The van der Waals surface area contributed by atoms with Crippen LogP contribution in [0.4, 0.5) is 22.0 Å². The number of carboxylic acid groups (broad SMARTS) is 1. The van der Waals surface area contributed by atoms with E-state index >= 15 is 0 Å². The molecule has 0 unspecified atom stereocenters.